The number of pyridine rings is 1. The molecule has 2 fully saturated rings. The minimum absolute atomic E-state index is 0.186. The Balaban J connectivity index is 1.58. The number of carbonyl (C=O) groups is 1. The van der Waals surface area contributed by atoms with Crippen molar-refractivity contribution in [3.05, 3.63) is 23.9 Å². The van der Waals surface area contributed by atoms with E-state index in [9.17, 15) is 4.79 Å². The third-order valence-electron chi connectivity index (χ3n) is 4.22. The summed E-state index contributed by atoms with van der Waals surface area (Å²) < 4.78 is 5.49. The van der Waals surface area contributed by atoms with Gasteiger partial charge in [0, 0.05) is 37.9 Å². The van der Waals surface area contributed by atoms with Crippen LogP contribution in [0.25, 0.3) is 0 Å². The number of hydrogen-bond acceptors (Lipinski definition) is 5. The van der Waals surface area contributed by atoms with Gasteiger partial charge in [-0.2, -0.15) is 0 Å². The lowest BCUT2D eigenvalue weighted by molar-refractivity contribution is 0.0124. The quantitative estimate of drug-likeness (QED) is 0.903. The van der Waals surface area contributed by atoms with Gasteiger partial charge in [0.1, 0.15) is 11.4 Å². The van der Waals surface area contributed by atoms with E-state index in [1.165, 1.54) is 0 Å². The maximum atomic E-state index is 12.2. The summed E-state index contributed by atoms with van der Waals surface area (Å²) >= 11 is 0. The number of piperazine rings is 1. The molecule has 6 heteroatoms. The van der Waals surface area contributed by atoms with Crippen LogP contribution in [0.4, 0.5) is 10.6 Å². The number of anilines is 1. The monoisotopic (exact) mass is 304 g/mol. The topological polar surface area (TPSA) is 71.7 Å². The lowest BCUT2D eigenvalue weighted by Crippen LogP contribution is -2.49. The van der Waals surface area contributed by atoms with Gasteiger partial charge in [0.2, 0.25) is 0 Å². The smallest absolute Gasteiger partial charge is 0.410 e. The molecule has 3 heterocycles. The summed E-state index contributed by atoms with van der Waals surface area (Å²) in [5, 5.41) is 0. The van der Waals surface area contributed by atoms with E-state index in [1.807, 2.05) is 44.0 Å². The summed E-state index contributed by atoms with van der Waals surface area (Å²) in [5.74, 6) is 0.544. The highest BCUT2D eigenvalue weighted by Gasteiger charge is 2.46. The summed E-state index contributed by atoms with van der Waals surface area (Å²) in [6, 6.07) is 4.52. The van der Waals surface area contributed by atoms with Gasteiger partial charge in [0.15, 0.2) is 0 Å². The summed E-state index contributed by atoms with van der Waals surface area (Å²) in [6.07, 6.45) is 2.67. The number of amides is 1. The van der Waals surface area contributed by atoms with Gasteiger partial charge in [0.25, 0.3) is 0 Å². The fraction of sp³-hybridized carbons (Fsp3) is 0.625. The van der Waals surface area contributed by atoms with Gasteiger partial charge in [-0.05, 0) is 38.8 Å². The molecule has 1 amide bonds. The Hall–Kier alpha value is -1.82. The van der Waals surface area contributed by atoms with Gasteiger partial charge in [-0.25, -0.2) is 9.78 Å². The van der Waals surface area contributed by atoms with E-state index in [4.69, 9.17) is 10.5 Å². The number of nitrogens with zero attached hydrogens (tertiary/aromatic N) is 3. The highest BCUT2D eigenvalue weighted by Crippen LogP contribution is 2.32. The zero-order valence-corrected chi connectivity index (χ0v) is 13.5. The van der Waals surface area contributed by atoms with Crippen molar-refractivity contribution in [1.82, 2.24) is 14.8 Å². The Morgan fingerprint density at radius 3 is 2.68 bits per heavy atom. The van der Waals surface area contributed by atoms with Gasteiger partial charge in [-0.3, -0.25) is 4.90 Å². The number of aromatic nitrogens is 1. The van der Waals surface area contributed by atoms with Crippen LogP contribution in [0.3, 0.4) is 0 Å². The third-order valence-corrected chi connectivity index (χ3v) is 4.22. The molecule has 0 spiro atoms. The van der Waals surface area contributed by atoms with Crippen molar-refractivity contribution >= 4 is 11.9 Å². The summed E-state index contributed by atoms with van der Waals surface area (Å²) in [4.78, 5) is 20.6. The van der Waals surface area contributed by atoms with Gasteiger partial charge in [0.05, 0.1) is 0 Å². The molecule has 6 nitrogen and oxygen atoms in total. The molecular weight excluding hydrogens is 280 g/mol. The summed E-state index contributed by atoms with van der Waals surface area (Å²) in [7, 11) is 0. The highest BCUT2D eigenvalue weighted by molar-refractivity contribution is 5.69. The first-order valence-corrected chi connectivity index (χ1v) is 7.76. The van der Waals surface area contributed by atoms with E-state index in [0.29, 0.717) is 11.9 Å². The zero-order valence-electron chi connectivity index (χ0n) is 13.5. The van der Waals surface area contributed by atoms with E-state index >= 15 is 0 Å². The fourth-order valence-electron chi connectivity index (χ4n) is 3.25. The second-order valence-electron chi connectivity index (χ2n) is 7.20. The van der Waals surface area contributed by atoms with Crippen molar-refractivity contribution < 1.29 is 9.53 Å². The highest BCUT2D eigenvalue weighted by atomic mass is 16.6. The Labute approximate surface area is 131 Å². The number of fused-ring (bicyclic) bond motifs is 2. The SMILES string of the molecule is CC(C)(C)OC(=O)N1C[C@@H]2C[C@H]1CN2Cc1ccc(N)nc1. The van der Waals surface area contributed by atoms with Crippen LogP contribution in [0, 0.1) is 0 Å². The van der Waals surface area contributed by atoms with Gasteiger partial charge < -0.3 is 15.4 Å². The molecule has 2 N–H and O–H groups in total. The lowest BCUT2D eigenvalue weighted by Gasteiger charge is -2.35. The number of likely N-dealkylation sites (tertiary alicyclic amines) is 2. The summed E-state index contributed by atoms with van der Waals surface area (Å²) in [6.45, 7) is 8.21. The van der Waals surface area contributed by atoms with Crippen molar-refractivity contribution in [2.24, 2.45) is 0 Å². The van der Waals surface area contributed by atoms with Crippen molar-refractivity contribution in [2.75, 3.05) is 18.8 Å². The third kappa shape index (κ3) is 3.16. The molecule has 1 aromatic rings. The van der Waals surface area contributed by atoms with E-state index in [2.05, 4.69) is 9.88 Å². The van der Waals surface area contributed by atoms with E-state index in [-0.39, 0.29) is 12.1 Å². The zero-order chi connectivity index (χ0) is 15.9. The molecule has 2 aliphatic rings. The van der Waals surface area contributed by atoms with E-state index in [1.54, 1.807) is 0 Å². The van der Waals surface area contributed by atoms with Crippen molar-refractivity contribution in [3.8, 4) is 0 Å². The molecule has 0 radical (unpaired) electrons. The second-order valence-corrected chi connectivity index (χ2v) is 7.20. The molecule has 2 aliphatic heterocycles. The van der Waals surface area contributed by atoms with Crippen LogP contribution in [0.2, 0.25) is 0 Å². The van der Waals surface area contributed by atoms with Crippen LogP contribution >= 0.6 is 0 Å². The Morgan fingerprint density at radius 1 is 1.36 bits per heavy atom. The van der Waals surface area contributed by atoms with Crippen LogP contribution in [0.1, 0.15) is 32.8 Å². The van der Waals surface area contributed by atoms with Gasteiger partial charge in [-0.1, -0.05) is 6.07 Å². The maximum absolute atomic E-state index is 12.2. The summed E-state index contributed by atoms with van der Waals surface area (Å²) in [5.41, 5.74) is 6.34. The molecule has 22 heavy (non-hydrogen) atoms. The van der Waals surface area contributed by atoms with E-state index in [0.717, 1.165) is 31.6 Å². The molecule has 2 atom stereocenters. The predicted octanol–water partition coefficient (Wildman–Crippen LogP) is 1.86. The number of ether oxygens (including phenoxy) is 1. The van der Waals surface area contributed by atoms with Crippen LogP contribution in [0.5, 0.6) is 0 Å². The van der Waals surface area contributed by atoms with Crippen molar-refractivity contribution in [1.29, 1.82) is 0 Å². The van der Waals surface area contributed by atoms with Crippen LogP contribution in [0.15, 0.2) is 18.3 Å². The molecule has 0 saturated carbocycles. The number of nitrogens with two attached hydrogens (primary N) is 1. The molecule has 0 unspecified atom stereocenters. The molecule has 3 rings (SSSR count). The Kier molecular flexibility index (Phi) is 3.72. The van der Waals surface area contributed by atoms with Crippen LogP contribution in [-0.2, 0) is 11.3 Å². The number of rotatable bonds is 2. The van der Waals surface area contributed by atoms with Gasteiger partial charge >= 0.3 is 6.09 Å². The average Bonchev–Trinajstić information content (AvgIpc) is 2.99. The first-order chi connectivity index (χ1) is 10.3. The van der Waals surface area contributed by atoms with E-state index < -0.39 is 5.60 Å². The normalized spacial score (nSPS) is 24.8. The Morgan fingerprint density at radius 2 is 2.14 bits per heavy atom. The predicted molar refractivity (Wildman–Crippen MR) is 84.2 cm³/mol. The number of hydrogen-bond donors (Lipinski definition) is 1. The Bertz CT molecular complexity index is 552. The number of carbonyl (C=O) groups excluding carboxylic acids is 1. The van der Waals surface area contributed by atoms with Gasteiger partial charge in [-0.15, -0.1) is 0 Å². The molecule has 2 bridgehead atoms. The fourth-order valence-corrected chi connectivity index (χ4v) is 3.25. The molecular formula is C16H24N4O2. The first kappa shape index (κ1) is 15.1. The molecule has 1 aromatic heterocycles. The number of nitrogen functional groups attached to an aromatic ring is 1. The standard InChI is InChI=1S/C16H24N4O2/c1-16(2,3)22-15(21)20-10-12-6-13(20)9-19(12)8-11-4-5-14(17)18-7-11/h4-5,7,12-13H,6,8-10H2,1-3H3,(H2,17,18)/t12-,13-/m0/s1. The maximum Gasteiger partial charge on any atom is 0.410 e. The van der Waals surface area contributed by atoms with Crippen LogP contribution < -0.4 is 5.73 Å². The average molecular weight is 304 g/mol. The molecule has 0 aliphatic carbocycles. The second kappa shape index (κ2) is 5.43. The minimum Gasteiger partial charge on any atom is -0.444 e. The molecule has 120 valence electrons. The minimum atomic E-state index is -0.436. The lowest BCUT2D eigenvalue weighted by atomic mass is 10.2. The molecule has 0 aromatic carbocycles. The largest absolute Gasteiger partial charge is 0.444 e. The van der Waals surface area contributed by atoms with Crippen LogP contribution in [-0.4, -0.2) is 51.7 Å². The molecule has 2 saturated heterocycles. The van der Waals surface area contributed by atoms with Crippen molar-refractivity contribution in [3.63, 3.8) is 0 Å². The van der Waals surface area contributed by atoms with Crippen molar-refractivity contribution in [2.45, 2.75) is 51.4 Å². The first-order valence-electron chi connectivity index (χ1n) is 7.76.